The van der Waals surface area contributed by atoms with Gasteiger partial charge in [-0.2, -0.15) is 0 Å². The molecular weight excluding hydrogens is 312 g/mol. The van der Waals surface area contributed by atoms with Crippen LogP contribution >= 0.6 is 0 Å². The van der Waals surface area contributed by atoms with Crippen LogP contribution in [0.3, 0.4) is 0 Å². The molecule has 0 unspecified atom stereocenters. The lowest BCUT2D eigenvalue weighted by atomic mass is 10.0. The summed E-state index contributed by atoms with van der Waals surface area (Å²) in [6.07, 6.45) is 0. The summed E-state index contributed by atoms with van der Waals surface area (Å²) < 4.78 is 5.74. The minimum absolute atomic E-state index is 0.138. The van der Waals surface area contributed by atoms with Crippen LogP contribution in [0.4, 0.5) is 5.69 Å². The average molecular weight is 338 g/mol. The molecule has 0 atom stereocenters. The predicted octanol–water partition coefficient (Wildman–Crippen LogP) is 3.66. The van der Waals surface area contributed by atoms with Crippen LogP contribution in [-0.2, 0) is 0 Å². The summed E-state index contributed by atoms with van der Waals surface area (Å²) in [7, 11) is 0. The topological polar surface area (TPSA) is 32.8 Å². The van der Waals surface area contributed by atoms with Crippen LogP contribution in [-0.4, -0.2) is 43.6 Å². The molecule has 1 aliphatic heterocycles. The van der Waals surface area contributed by atoms with Crippen molar-refractivity contribution in [3.63, 3.8) is 0 Å². The lowest BCUT2D eigenvalue weighted by molar-refractivity contribution is 0.0746. The van der Waals surface area contributed by atoms with Crippen LogP contribution in [0, 0.1) is 13.8 Å². The van der Waals surface area contributed by atoms with E-state index in [2.05, 4.69) is 24.0 Å². The Balaban J connectivity index is 1.70. The number of aryl methyl sites for hydroxylation is 1. The van der Waals surface area contributed by atoms with Crippen molar-refractivity contribution in [1.29, 1.82) is 0 Å². The van der Waals surface area contributed by atoms with Crippen molar-refractivity contribution in [2.45, 2.75) is 20.8 Å². The number of piperazine rings is 1. The van der Waals surface area contributed by atoms with Crippen molar-refractivity contribution in [2.75, 3.05) is 37.7 Å². The number of amides is 1. The molecule has 1 heterocycles. The van der Waals surface area contributed by atoms with Gasteiger partial charge < -0.3 is 14.5 Å². The molecule has 3 rings (SSSR count). The van der Waals surface area contributed by atoms with Gasteiger partial charge in [0, 0.05) is 31.7 Å². The van der Waals surface area contributed by atoms with Gasteiger partial charge in [0.05, 0.1) is 12.3 Å². The van der Waals surface area contributed by atoms with Crippen LogP contribution in [0.15, 0.2) is 42.5 Å². The van der Waals surface area contributed by atoms with Crippen molar-refractivity contribution in [3.8, 4) is 5.75 Å². The molecule has 0 N–H and O–H groups in total. The fourth-order valence-corrected chi connectivity index (χ4v) is 3.30. The molecular formula is C21H26N2O2. The van der Waals surface area contributed by atoms with Crippen LogP contribution in [0.5, 0.6) is 5.75 Å². The van der Waals surface area contributed by atoms with Crippen molar-refractivity contribution in [3.05, 3.63) is 59.2 Å². The smallest absolute Gasteiger partial charge is 0.254 e. The second kappa shape index (κ2) is 7.60. The maximum absolute atomic E-state index is 12.9. The Kier molecular flexibility index (Phi) is 5.27. The maximum atomic E-state index is 12.9. The van der Waals surface area contributed by atoms with Crippen LogP contribution in [0.1, 0.15) is 28.4 Å². The number of anilines is 1. The molecule has 0 radical (unpaired) electrons. The van der Waals surface area contributed by atoms with Gasteiger partial charge in [0.2, 0.25) is 0 Å². The third kappa shape index (κ3) is 3.63. The minimum Gasteiger partial charge on any atom is -0.492 e. The molecule has 25 heavy (non-hydrogen) atoms. The second-order valence-electron chi connectivity index (χ2n) is 6.43. The molecule has 2 aromatic rings. The van der Waals surface area contributed by atoms with Crippen LogP contribution in [0.2, 0.25) is 0 Å². The molecule has 1 amide bonds. The summed E-state index contributed by atoms with van der Waals surface area (Å²) in [6.45, 7) is 9.83. The lowest BCUT2D eigenvalue weighted by Gasteiger charge is -2.37. The first-order valence-electron chi connectivity index (χ1n) is 8.94. The normalized spacial score (nSPS) is 14.5. The van der Waals surface area contributed by atoms with Crippen LogP contribution in [0.25, 0.3) is 0 Å². The maximum Gasteiger partial charge on any atom is 0.254 e. The Labute approximate surface area is 150 Å². The minimum atomic E-state index is 0.138. The first-order valence-corrected chi connectivity index (χ1v) is 8.94. The summed E-state index contributed by atoms with van der Waals surface area (Å²) in [5.74, 6) is 1.05. The van der Waals surface area contributed by atoms with Gasteiger partial charge in [-0.15, -0.1) is 0 Å². The van der Waals surface area contributed by atoms with Gasteiger partial charge >= 0.3 is 0 Å². The monoisotopic (exact) mass is 338 g/mol. The summed E-state index contributed by atoms with van der Waals surface area (Å²) in [5, 5.41) is 0. The highest BCUT2D eigenvalue weighted by Gasteiger charge is 2.24. The van der Waals surface area contributed by atoms with Gasteiger partial charge in [-0.3, -0.25) is 4.79 Å². The summed E-state index contributed by atoms with van der Waals surface area (Å²) in [4.78, 5) is 17.1. The predicted molar refractivity (Wildman–Crippen MR) is 102 cm³/mol. The Morgan fingerprint density at radius 2 is 1.72 bits per heavy atom. The molecule has 0 aliphatic carbocycles. The highest BCUT2D eigenvalue weighted by atomic mass is 16.5. The van der Waals surface area contributed by atoms with E-state index >= 15 is 0 Å². The average Bonchev–Trinajstić information content (AvgIpc) is 2.64. The summed E-state index contributed by atoms with van der Waals surface area (Å²) >= 11 is 0. The number of hydrogen-bond acceptors (Lipinski definition) is 3. The second-order valence-corrected chi connectivity index (χ2v) is 6.43. The van der Waals surface area contributed by atoms with Crippen molar-refractivity contribution < 1.29 is 9.53 Å². The Morgan fingerprint density at radius 1 is 1.00 bits per heavy atom. The van der Waals surface area contributed by atoms with Gasteiger partial charge in [-0.25, -0.2) is 0 Å². The summed E-state index contributed by atoms with van der Waals surface area (Å²) in [5.41, 5.74) is 4.18. The largest absolute Gasteiger partial charge is 0.492 e. The third-order valence-electron chi connectivity index (χ3n) is 4.91. The fourth-order valence-electron chi connectivity index (χ4n) is 3.30. The van der Waals surface area contributed by atoms with E-state index in [4.69, 9.17) is 4.74 Å². The Morgan fingerprint density at radius 3 is 2.44 bits per heavy atom. The van der Waals surface area contributed by atoms with E-state index in [1.54, 1.807) is 0 Å². The number of rotatable bonds is 4. The molecule has 1 saturated heterocycles. The number of benzene rings is 2. The Bertz CT molecular complexity index is 749. The molecule has 0 spiro atoms. The molecule has 4 heteroatoms. The number of carbonyl (C=O) groups is 1. The first kappa shape index (κ1) is 17.3. The van der Waals surface area contributed by atoms with Gasteiger partial charge in [0.25, 0.3) is 5.91 Å². The zero-order valence-electron chi connectivity index (χ0n) is 15.3. The SMILES string of the molecule is CCOc1ccccc1N1CCN(C(=O)c2cccc(C)c2C)CC1. The molecule has 0 saturated carbocycles. The van der Waals surface area contributed by atoms with E-state index in [9.17, 15) is 4.79 Å². The number of ether oxygens (including phenoxy) is 1. The van der Waals surface area contributed by atoms with E-state index in [1.165, 1.54) is 0 Å². The van der Waals surface area contributed by atoms with E-state index in [1.807, 2.05) is 49.1 Å². The molecule has 1 fully saturated rings. The lowest BCUT2D eigenvalue weighted by Crippen LogP contribution is -2.49. The van der Waals surface area contributed by atoms with Crippen LogP contribution < -0.4 is 9.64 Å². The van der Waals surface area contributed by atoms with Crippen molar-refractivity contribution >= 4 is 11.6 Å². The number of para-hydroxylation sites is 2. The van der Waals surface area contributed by atoms with Crippen molar-refractivity contribution in [1.82, 2.24) is 4.90 Å². The summed E-state index contributed by atoms with van der Waals surface area (Å²) in [6, 6.07) is 14.1. The van der Waals surface area contributed by atoms with Crippen molar-refractivity contribution in [2.24, 2.45) is 0 Å². The van der Waals surface area contributed by atoms with Gasteiger partial charge in [-0.05, 0) is 50.1 Å². The zero-order chi connectivity index (χ0) is 17.8. The molecule has 0 aromatic heterocycles. The standard InChI is InChI=1S/C21H26N2O2/c1-4-25-20-11-6-5-10-19(20)22-12-14-23(15-13-22)21(24)18-9-7-8-16(2)17(18)3/h5-11H,4,12-15H2,1-3H3. The third-order valence-corrected chi connectivity index (χ3v) is 4.91. The molecule has 0 bridgehead atoms. The number of hydrogen-bond donors (Lipinski definition) is 0. The van der Waals surface area contributed by atoms with E-state index in [0.29, 0.717) is 6.61 Å². The molecule has 132 valence electrons. The van der Waals surface area contributed by atoms with Gasteiger partial charge in [0.15, 0.2) is 0 Å². The Hall–Kier alpha value is -2.49. The quantitative estimate of drug-likeness (QED) is 0.853. The first-order chi connectivity index (χ1) is 12.1. The van der Waals surface area contributed by atoms with Gasteiger partial charge in [-0.1, -0.05) is 24.3 Å². The molecule has 4 nitrogen and oxygen atoms in total. The highest BCUT2D eigenvalue weighted by Crippen LogP contribution is 2.29. The molecule has 2 aromatic carbocycles. The number of nitrogens with zero attached hydrogens (tertiary/aromatic N) is 2. The zero-order valence-corrected chi connectivity index (χ0v) is 15.3. The van der Waals surface area contributed by atoms with E-state index < -0.39 is 0 Å². The van der Waals surface area contributed by atoms with E-state index in [-0.39, 0.29) is 5.91 Å². The number of carbonyl (C=O) groups excluding carboxylic acids is 1. The van der Waals surface area contributed by atoms with Gasteiger partial charge in [0.1, 0.15) is 5.75 Å². The highest BCUT2D eigenvalue weighted by molar-refractivity contribution is 5.96. The van der Waals surface area contributed by atoms with E-state index in [0.717, 1.165) is 54.3 Å². The molecule has 1 aliphatic rings. The fraction of sp³-hybridized carbons (Fsp3) is 0.381.